The average Bonchev–Trinajstić information content (AvgIpc) is 3.30. The lowest BCUT2D eigenvalue weighted by atomic mass is 10.1. The molecule has 0 saturated heterocycles. The Morgan fingerprint density at radius 2 is 1.88 bits per heavy atom. The van der Waals surface area contributed by atoms with Crippen LogP contribution < -0.4 is 5.32 Å². The number of hydrogen-bond acceptors (Lipinski definition) is 3. The summed E-state index contributed by atoms with van der Waals surface area (Å²) in [5.74, 6) is 0.771. The number of rotatable bonds is 5. The molecule has 0 fully saturated rings. The Bertz CT molecular complexity index is 972. The lowest BCUT2D eigenvalue weighted by Crippen LogP contribution is -2.12. The fraction of sp³-hybridized carbons (Fsp3) is 0.100. The number of thiophene rings is 1. The van der Waals surface area contributed by atoms with E-state index in [2.05, 4.69) is 21.4 Å². The maximum absolute atomic E-state index is 12.3. The van der Waals surface area contributed by atoms with Crippen LogP contribution in [0.5, 0.6) is 0 Å². The third-order valence-electron chi connectivity index (χ3n) is 4.02. The Morgan fingerprint density at radius 3 is 2.72 bits per heavy atom. The van der Waals surface area contributed by atoms with E-state index in [1.807, 2.05) is 60.0 Å². The van der Waals surface area contributed by atoms with Gasteiger partial charge in [0, 0.05) is 16.9 Å². The largest absolute Gasteiger partial charge is 0.338 e. The molecule has 2 aromatic heterocycles. The molecule has 0 spiro atoms. The van der Waals surface area contributed by atoms with Crippen LogP contribution in [0.15, 0.2) is 66.0 Å². The highest BCUT2D eigenvalue weighted by Crippen LogP contribution is 2.27. The Hall–Kier alpha value is -2.92. The van der Waals surface area contributed by atoms with Gasteiger partial charge in [-0.25, -0.2) is 4.98 Å². The topological polar surface area (TPSA) is 57.8 Å². The van der Waals surface area contributed by atoms with Gasteiger partial charge in [0.05, 0.1) is 16.7 Å². The third-order valence-corrected chi connectivity index (χ3v) is 4.96. The summed E-state index contributed by atoms with van der Waals surface area (Å²) in [6, 6.07) is 19.7. The van der Waals surface area contributed by atoms with Crippen LogP contribution in [0.3, 0.4) is 0 Å². The van der Waals surface area contributed by atoms with Crippen molar-refractivity contribution in [3.05, 3.63) is 70.9 Å². The molecule has 2 aromatic carbocycles. The molecule has 0 unspecified atom stereocenters. The van der Waals surface area contributed by atoms with Gasteiger partial charge in [-0.05, 0) is 42.1 Å². The molecule has 0 aliphatic carbocycles. The second-order valence-corrected chi connectivity index (χ2v) is 6.81. The maximum Gasteiger partial charge on any atom is 0.224 e. The molecule has 0 aliphatic heterocycles. The van der Waals surface area contributed by atoms with Gasteiger partial charge in [-0.2, -0.15) is 0 Å². The van der Waals surface area contributed by atoms with E-state index in [0.717, 1.165) is 34.5 Å². The molecule has 2 N–H and O–H groups in total. The smallest absolute Gasteiger partial charge is 0.224 e. The Morgan fingerprint density at radius 1 is 1.04 bits per heavy atom. The zero-order chi connectivity index (χ0) is 17.1. The number of carbonyl (C=O) groups is 1. The van der Waals surface area contributed by atoms with Crippen molar-refractivity contribution in [2.45, 2.75) is 12.8 Å². The molecule has 0 bridgehead atoms. The molecule has 5 heteroatoms. The number of fused-ring (bicyclic) bond motifs is 1. The number of anilines is 1. The number of imidazole rings is 1. The fourth-order valence-corrected chi connectivity index (χ4v) is 3.49. The highest BCUT2D eigenvalue weighted by atomic mass is 32.1. The Balaban J connectivity index is 1.55. The van der Waals surface area contributed by atoms with Crippen molar-refractivity contribution >= 4 is 34.0 Å². The predicted octanol–water partition coefficient (Wildman–Crippen LogP) is 4.86. The number of aryl methyl sites for hydroxylation is 1. The number of nitrogens with one attached hydrogen (secondary N) is 2. The summed E-state index contributed by atoms with van der Waals surface area (Å²) in [6.45, 7) is 0. The lowest BCUT2D eigenvalue weighted by molar-refractivity contribution is -0.116. The van der Waals surface area contributed by atoms with Gasteiger partial charge < -0.3 is 10.3 Å². The fourth-order valence-electron chi connectivity index (χ4n) is 2.78. The number of aromatic nitrogens is 2. The molecule has 0 radical (unpaired) electrons. The van der Waals surface area contributed by atoms with Crippen LogP contribution in [0.4, 0.5) is 5.69 Å². The first-order valence-corrected chi connectivity index (χ1v) is 9.04. The maximum atomic E-state index is 12.3. The Labute approximate surface area is 149 Å². The minimum atomic E-state index is 0.0111. The first-order chi connectivity index (χ1) is 12.3. The summed E-state index contributed by atoms with van der Waals surface area (Å²) < 4.78 is 0. The number of hydrogen-bond donors (Lipinski definition) is 2. The molecule has 1 amide bonds. The SMILES string of the molecule is O=C(CCc1cccs1)Nc1ccccc1-c1nc2ccccc2[nH]1. The van der Waals surface area contributed by atoms with Crippen molar-refractivity contribution < 1.29 is 4.79 Å². The van der Waals surface area contributed by atoms with Gasteiger partial charge >= 0.3 is 0 Å². The lowest BCUT2D eigenvalue weighted by Gasteiger charge is -2.09. The predicted molar refractivity (Wildman–Crippen MR) is 103 cm³/mol. The molecule has 0 atom stereocenters. The number of benzene rings is 2. The van der Waals surface area contributed by atoms with E-state index >= 15 is 0 Å². The van der Waals surface area contributed by atoms with Crippen molar-refractivity contribution in [1.29, 1.82) is 0 Å². The molecule has 124 valence electrons. The third kappa shape index (κ3) is 3.46. The van der Waals surface area contributed by atoms with Crippen molar-refractivity contribution in [1.82, 2.24) is 9.97 Å². The second kappa shape index (κ2) is 6.91. The van der Waals surface area contributed by atoms with E-state index in [0.29, 0.717) is 6.42 Å². The minimum Gasteiger partial charge on any atom is -0.338 e. The molecular weight excluding hydrogens is 330 g/mol. The van der Waals surface area contributed by atoms with Crippen LogP contribution >= 0.6 is 11.3 Å². The van der Waals surface area contributed by atoms with E-state index in [1.54, 1.807) is 11.3 Å². The Kier molecular flexibility index (Phi) is 4.31. The average molecular weight is 347 g/mol. The summed E-state index contributed by atoms with van der Waals surface area (Å²) in [5.41, 5.74) is 3.56. The van der Waals surface area contributed by atoms with Crippen molar-refractivity contribution in [2.24, 2.45) is 0 Å². The van der Waals surface area contributed by atoms with E-state index in [9.17, 15) is 4.79 Å². The van der Waals surface area contributed by atoms with Gasteiger partial charge in [-0.1, -0.05) is 30.3 Å². The van der Waals surface area contributed by atoms with Crippen LogP contribution in [0.2, 0.25) is 0 Å². The van der Waals surface area contributed by atoms with Gasteiger partial charge in [-0.15, -0.1) is 11.3 Å². The number of nitrogens with zero attached hydrogens (tertiary/aromatic N) is 1. The van der Waals surface area contributed by atoms with E-state index in [1.165, 1.54) is 4.88 Å². The standard InChI is InChI=1S/C20H17N3OS/c24-19(12-11-14-6-5-13-25-14)21-16-8-2-1-7-15(16)20-22-17-9-3-4-10-18(17)23-20/h1-10,13H,11-12H2,(H,21,24)(H,22,23). The quantitative estimate of drug-likeness (QED) is 0.541. The number of carbonyl (C=O) groups excluding carboxylic acids is 1. The molecular formula is C20H17N3OS. The highest BCUT2D eigenvalue weighted by molar-refractivity contribution is 7.09. The normalized spacial score (nSPS) is 10.9. The van der Waals surface area contributed by atoms with Crippen molar-refractivity contribution in [3.63, 3.8) is 0 Å². The van der Waals surface area contributed by atoms with Crippen LogP contribution in [0, 0.1) is 0 Å². The van der Waals surface area contributed by atoms with Gasteiger partial charge in [0.25, 0.3) is 0 Å². The molecule has 4 aromatic rings. The molecule has 4 nitrogen and oxygen atoms in total. The van der Waals surface area contributed by atoms with E-state index < -0.39 is 0 Å². The van der Waals surface area contributed by atoms with Gasteiger partial charge in [0.1, 0.15) is 5.82 Å². The number of aromatic amines is 1. The van der Waals surface area contributed by atoms with Crippen LogP contribution in [0.25, 0.3) is 22.4 Å². The summed E-state index contributed by atoms with van der Waals surface area (Å²) in [4.78, 5) is 21.5. The first-order valence-electron chi connectivity index (χ1n) is 8.16. The zero-order valence-electron chi connectivity index (χ0n) is 13.5. The van der Waals surface area contributed by atoms with Crippen LogP contribution in [-0.4, -0.2) is 15.9 Å². The number of amides is 1. The van der Waals surface area contributed by atoms with Crippen molar-refractivity contribution in [3.8, 4) is 11.4 Å². The molecule has 25 heavy (non-hydrogen) atoms. The van der Waals surface area contributed by atoms with E-state index in [-0.39, 0.29) is 5.91 Å². The molecule has 0 saturated carbocycles. The zero-order valence-corrected chi connectivity index (χ0v) is 14.3. The second-order valence-electron chi connectivity index (χ2n) is 5.78. The van der Waals surface area contributed by atoms with Gasteiger partial charge in [0.15, 0.2) is 0 Å². The number of H-pyrrole nitrogens is 1. The molecule has 4 rings (SSSR count). The van der Waals surface area contributed by atoms with E-state index in [4.69, 9.17) is 0 Å². The van der Waals surface area contributed by atoms with Crippen LogP contribution in [-0.2, 0) is 11.2 Å². The summed E-state index contributed by atoms with van der Waals surface area (Å²) in [6.07, 6.45) is 1.23. The van der Waals surface area contributed by atoms with Gasteiger partial charge in [-0.3, -0.25) is 4.79 Å². The van der Waals surface area contributed by atoms with Crippen molar-refractivity contribution in [2.75, 3.05) is 5.32 Å². The van der Waals surface area contributed by atoms with Gasteiger partial charge in [0.2, 0.25) is 5.91 Å². The monoisotopic (exact) mass is 347 g/mol. The summed E-state index contributed by atoms with van der Waals surface area (Å²) in [7, 11) is 0. The van der Waals surface area contributed by atoms with Crippen LogP contribution in [0.1, 0.15) is 11.3 Å². The summed E-state index contributed by atoms with van der Waals surface area (Å²) >= 11 is 1.68. The highest BCUT2D eigenvalue weighted by Gasteiger charge is 2.12. The molecule has 2 heterocycles. The minimum absolute atomic E-state index is 0.0111. The summed E-state index contributed by atoms with van der Waals surface area (Å²) in [5, 5.41) is 5.05. The first kappa shape index (κ1) is 15.6. The molecule has 0 aliphatic rings. The number of para-hydroxylation sites is 3.